The molecule has 0 bridgehead atoms. The Bertz CT molecular complexity index is 463. The molecular formula is C14H18ClFN2O. The molecule has 1 amide bonds. The molecule has 1 saturated carbocycles. The van der Waals surface area contributed by atoms with E-state index in [1.807, 2.05) is 11.0 Å². The molecule has 0 radical (unpaired) electrons. The SMILES string of the molecule is Cl.O=C(C1CC1c1cccc(F)c1)N1CCNCC1. The average Bonchev–Trinajstić information content (AvgIpc) is 3.19. The molecule has 104 valence electrons. The van der Waals surface area contributed by atoms with E-state index >= 15 is 0 Å². The van der Waals surface area contributed by atoms with Crippen molar-refractivity contribution >= 4 is 18.3 Å². The van der Waals surface area contributed by atoms with E-state index in [1.165, 1.54) is 6.07 Å². The van der Waals surface area contributed by atoms with Gasteiger partial charge < -0.3 is 10.2 Å². The quantitative estimate of drug-likeness (QED) is 0.898. The lowest BCUT2D eigenvalue weighted by Gasteiger charge is -2.27. The van der Waals surface area contributed by atoms with Gasteiger partial charge in [-0.15, -0.1) is 12.4 Å². The number of halogens is 2. The van der Waals surface area contributed by atoms with E-state index in [9.17, 15) is 9.18 Å². The van der Waals surface area contributed by atoms with Crippen molar-refractivity contribution < 1.29 is 9.18 Å². The molecule has 1 aromatic rings. The first-order valence-corrected chi connectivity index (χ1v) is 6.50. The summed E-state index contributed by atoms with van der Waals surface area (Å²) in [6, 6.07) is 6.63. The predicted molar refractivity (Wildman–Crippen MR) is 73.9 cm³/mol. The highest BCUT2D eigenvalue weighted by molar-refractivity contribution is 5.85. The van der Waals surface area contributed by atoms with Gasteiger partial charge in [0.15, 0.2) is 0 Å². The fraction of sp³-hybridized carbons (Fsp3) is 0.500. The van der Waals surface area contributed by atoms with Crippen LogP contribution in [0.25, 0.3) is 0 Å². The maximum absolute atomic E-state index is 13.1. The molecule has 1 saturated heterocycles. The van der Waals surface area contributed by atoms with E-state index in [1.54, 1.807) is 12.1 Å². The van der Waals surface area contributed by atoms with Crippen LogP contribution in [0.15, 0.2) is 24.3 Å². The second kappa shape index (κ2) is 5.88. The number of amides is 1. The lowest BCUT2D eigenvalue weighted by Crippen LogP contribution is -2.47. The first-order valence-electron chi connectivity index (χ1n) is 6.50. The van der Waals surface area contributed by atoms with Gasteiger partial charge in [-0.1, -0.05) is 12.1 Å². The van der Waals surface area contributed by atoms with Crippen LogP contribution in [0.2, 0.25) is 0 Å². The van der Waals surface area contributed by atoms with Crippen LogP contribution in [0, 0.1) is 11.7 Å². The predicted octanol–water partition coefficient (Wildman–Crippen LogP) is 1.78. The molecule has 2 aliphatic rings. The lowest BCUT2D eigenvalue weighted by molar-refractivity contribution is -0.133. The van der Waals surface area contributed by atoms with E-state index in [4.69, 9.17) is 0 Å². The van der Waals surface area contributed by atoms with Gasteiger partial charge in [-0.25, -0.2) is 4.39 Å². The Labute approximate surface area is 118 Å². The topological polar surface area (TPSA) is 32.3 Å². The largest absolute Gasteiger partial charge is 0.340 e. The number of benzene rings is 1. The van der Waals surface area contributed by atoms with Gasteiger partial charge in [0, 0.05) is 32.1 Å². The number of rotatable bonds is 2. The third-order valence-electron chi connectivity index (χ3n) is 3.81. The first kappa shape index (κ1) is 14.3. The van der Waals surface area contributed by atoms with E-state index < -0.39 is 0 Å². The van der Waals surface area contributed by atoms with E-state index in [0.717, 1.165) is 38.2 Å². The Hall–Kier alpha value is -1.13. The van der Waals surface area contributed by atoms with Gasteiger partial charge in [0.2, 0.25) is 5.91 Å². The number of nitrogens with one attached hydrogen (secondary N) is 1. The van der Waals surface area contributed by atoms with Crippen molar-refractivity contribution in [3.63, 3.8) is 0 Å². The number of carbonyl (C=O) groups excluding carboxylic acids is 1. The second-order valence-corrected chi connectivity index (χ2v) is 5.08. The molecule has 3 rings (SSSR count). The Balaban J connectivity index is 0.00000133. The van der Waals surface area contributed by atoms with Gasteiger partial charge in [0.05, 0.1) is 0 Å². The molecule has 1 aliphatic heterocycles. The van der Waals surface area contributed by atoms with Crippen LogP contribution in [0.1, 0.15) is 17.9 Å². The molecule has 5 heteroatoms. The summed E-state index contributed by atoms with van der Waals surface area (Å²) in [6.45, 7) is 3.35. The van der Waals surface area contributed by atoms with E-state index in [2.05, 4.69) is 5.32 Å². The van der Waals surface area contributed by atoms with Gasteiger partial charge in [-0.3, -0.25) is 4.79 Å². The monoisotopic (exact) mass is 284 g/mol. The van der Waals surface area contributed by atoms with Crippen molar-refractivity contribution in [2.45, 2.75) is 12.3 Å². The average molecular weight is 285 g/mol. The van der Waals surface area contributed by atoms with E-state index in [-0.39, 0.29) is 36.0 Å². The Morgan fingerprint density at radius 3 is 2.74 bits per heavy atom. The summed E-state index contributed by atoms with van der Waals surface area (Å²) in [5.74, 6) is 0.325. The molecule has 1 aromatic carbocycles. The lowest BCUT2D eigenvalue weighted by atomic mass is 10.1. The van der Waals surface area contributed by atoms with Crippen molar-refractivity contribution in [1.82, 2.24) is 10.2 Å². The molecule has 2 fully saturated rings. The minimum Gasteiger partial charge on any atom is -0.340 e. The minimum absolute atomic E-state index is 0. The Morgan fingerprint density at radius 2 is 2.05 bits per heavy atom. The molecule has 0 aromatic heterocycles. The smallest absolute Gasteiger partial charge is 0.226 e. The van der Waals surface area contributed by atoms with Crippen LogP contribution in [0.3, 0.4) is 0 Å². The van der Waals surface area contributed by atoms with Crippen LogP contribution < -0.4 is 5.32 Å². The van der Waals surface area contributed by atoms with Crippen molar-refractivity contribution in [3.8, 4) is 0 Å². The van der Waals surface area contributed by atoms with Crippen molar-refractivity contribution in [2.24, 2.45) is 5.92 Å². The van der Waals surface area contributed by atoms with Crippen molar-refractivity contribution in [3.05, 3.63) is 35.6 Å². The number of carbonyl (C=O) groups is 1. The highest BCUT2D eigenvalue weighted by Crippen LogP contribution is 2.48. The number of piperazine rings is 1. The number of hydrogen-bond donors (Lipinski definition) is 1. The maximum Gasteiger partial charge on any atom is 0.226 e. The fourth-order valence-corrected chi connectivity index (χ4v) is 2.69. The molecule has 1 aliphatic carbocycles. The zero-order valence-electron chi connectivity index (χ0n) is 10.6. The third kappa shape index (κ3) is 3.07. The summed E-state index contributed by atoms with van der Waals surface area (Å²) in [4.78, 5) is 14.2. The zero-order valence-corrected chi connectivity index (χ0v) is 11.5. The van der Waals surface area contributed by atoms with Crippen molar-refractivity contribution in [2.75, 3.05) is 26.2 Å². The number of hydrogen-bond acceptors (Lipinski definition) is 2. The fourth-order valence-electron chi connectivity index (χ4n) is 2.69. The van der Waals surface area contributed by atoms with E-state index in [0.29, 0.717) is 0 Å². The molecule has 19 heavy (non-hydrogen) atoms. The highest BCUT2D eigenvalue weighted by Gasteiger charge is 2.45. The maximum atomic E-state index is 13.1. The summed E-state index contributed by atoms with van der Waals surface area (Å²) >= 11 is 0. The zero-order chi connectivity index (χ0) is 12.5. The summed E-state index contributed by atoms with van der Waals surface area (Å²) < 4.78 is 13.1. The van der Waals surface area contributed by atoms with Gasteiger partial charge in [0.1, 0.15) is 5.82 Å². The molecule has 1 N–H and O–H groups in total. The van der Waals surface area contributed by atoms with Crippen LogP contribution in [0.4, 0.5) is 4.39 Å². The van der Waals surface area contributed by atoms with Crippen molar-refractivity contribution in [1.29, 1.82) is 0 Å². The van der Waals surface area contributed by atoms with Crippen LogP contribution in [0.5, 0.6) is 0 Å². The molecule has 3 nitrogen and oxygen atoms in total. The number of nitrogens with zero attached hydrogens (tertiary/aromatic N) is 1. The van der Waals surface area contributed by atoms with Crippen LogP contribution >= 0.6 is 12.4 Å². The standard InChI is InChI=1S/C14H17FN2O.ClH/c15-11-3-1-2-10(8-11)12-9-13(12)14(18)17-6-4-16-5-7-17;/h1-3,8,12-13,16H,4-7,9H2;1H. The normalized spacial score (nSPS) is 25.6. The molecule has 1 heterocycles. The summed E-state index contributed by atoms with van der Waals surface area (Å²) in [5, 5.41) is 3.24. The molecule has 0 spiro atoms. The minimum atomic E-state index is -0.215. The third-order valence-corrected chi connectivity index (χ3v) is 3.81. The van der Waals surface area contributed by atoms with Gasteiger partial charge in [-0.05, 0) is 30.0 Å². The second-order valence-electron chi connectivity index (χ2n) is 5.08. The van der Waals surface area contributed by atoms with Gasteiger partial charge >= 0.3 is 0 Å². The van der Waals surface area contributed by atoms with Gasteiger partial charge in [0.25, 0.3) is 0 Å². The summed E-state index contributed by atoms with van der Waals surface area (Å²) in [6.07, 6.45) is 0.867. The molecular weight excluding hydrogens is 267 g/mol. The van der Waals surface area contributed by atoms with Crippen LogP contribution in [-0.4, -0.2) is 37.0 Å². The Morgan fingerprint density at radius 1 is 1.32 bits per heavy atom. The molecule has 2 unspecified atom stereocenters. The summed E-state index contributed by atoms with van der Waals surface area (Å²) in [5.41, 5.74) is 0.962. The highest BCUT2D eigenvalue weighted by atomic mass is 35.5. The Kier molecular flexibility index (Phi) is 4.42. The van der Waals surface area contributed by atoms with Gasteiger partial charge in [-0.2, -0.15) is 0 Å². The van der Waals surface area contributed by atoms with Crippen LogP contribution in [-0.2, 0) is 4.79 Å². The summed E-state index contributed by atoms with van der Waals surface area (Å²) in [7, 11) is 0. The molecule has 2 atom stereocenters. The first-order chi connectivity index (χ1) is 8.75.